The normalized spacial score (nSPS) is 19.4. The Labute approximate surface area is 108 Å². The van der Waals surface area contributed by atoms with Crippen molar-refractivity contribution in [2.24, 2.45) is 11.8 Å². The van der Waals surface area contributed by atoms with Gasteiger partial charge in [-0.25, -0.2) is 5.84 Å². The Morgan fingerprint density at radius 1 is 1.61 bits per heavy atom. The zero-order valence-corrected chi connectivity index (χ0v) is 10.6. The molecule has 18 heavy (non-hydrogen) atoms. The van der Waals surface area contributed by atoms with Gasteiger partial charge in [-0.3, -0.25) is 24.7 Å². The molecule has 1 aliphatic heterocycles. The molecule has 1 aliphatic rings. The van der Waals surface area contributed by atoms with Crippen LogP contribution in [0.15, 0.2) is 11.4 Å². The SMILES string of the molecule is CC1CC(=O)N(Cc2ccsc2C(=O)NN)C1=O. The van der Waals surface area contributed by atoms with Crippen LogP contribution in [0.2, 0.25) is 0 Å². The van der Waals surface area contributed by atoms with E-state index in [1.54, 1.807) is 18.4 Å². The molecule has 7 heteroatoms. The van der Waals surface area contributed by atoms with Gasteiger partial charge >= 0.3 is 0 Å². The quantitative estimate of drug-likeness (QED) is 0.355. The van der Waals surface area contributed by atoms with E-state index in [1.165, 1.54) is 16.2 Å². The Morgan fingerprint density at radius 3 is 2.89 bits per heavy atom. The van der Waals surface area contributed by atoms with E-state index in [9.17, 15) is 14.4 Å². The van der Waals surface area contributed by atoms with Gasteiger partial charge in [-0.15, -0.1) is 11.3 Å². The van der Waals surface area contributed by atoms with Crippen LogP contribution in [0.25, 0.3) is 0 Å². The van der Waals surface area contributed by atoms with Crippen molar-refractivity contribution < 1.29 is 14.4 Å². The predicted octanol–water partition coefficient (Wildman–Crippen LogP) is 0.247. The minimum atomic E-state index is -0.410. The Morgan fingerprint density at radius 2 is 2.33 bits per heavy atom. The summed E-state index contributed by atoms with van der Waals surface area (Å²) in [6.07, 6.45) is 0.237. The van der Waals surface area contributed by atoms with Gasteiger partial charge in [-0.1, -0.05) is 6.92 Å². The molecule has 1 fully saturated rings. The highest BCUT2D eigenvalue weighted by Crippen LogP contribution is 2.24. The van der Waals surface area contributed by atoms with Crippen LogP contribution in [-0.4, -0.2) is 22.6 Å². The zero-order chi connectivity index (χ0) is 13.3. The second-order valence-electron chi connectivity index (χ2n) is 4.17. The number of nitrogens with two attached hydrogens (primary N) is 1. The maximum absolute atomic E-state index is 11.8. The third kappa shape index (κ3) is 2.14. The van der Waals surface area contributed by atoms with E-state index in [-0.39, 0.29) is 30.7 Å². The Bertz CT molecular complexity index is 511. The van der Waals surface area contributed by atoms with Gasteiger partial charge in [0.15, 0.2) is 0 Å². The molecule has 0 saturated carbocycles. The Hall–Kier alpha value is -1.73. The summed E-state index contributed by atoms with van der Waals surface area (Å²) < 4.78 is 0. The lowest BCUT2D eigenvalue weighted by molar-refractivity contribution is -0.139. The molecule has 1 aromatic heterocycles. The molecule has 2 rings (SSSR count). The summed E-state index contributed by atoms with van der Waals surface area (Å²) in [5.41, 5.74) is 2.68. The molecular formula is C11H13N3O3S. The van der Waals surface area contributed by atoms with Gasteiger partial charge in [-0.05, 0) is 17.0 Å². The highest BCUT2D eigenvalue weighted by atomic mass is 32.1. The zero-order valence-electron chi connectivity index (χ0n) is 9.80. The topological polar surface area (TPSA) is 92.5 Å². The molecule has 1 saturated heterocycles. The molecule has 0 bridgehead atoms. The van der Waals surface area contributed by atoms with Gasteiger partial charge in [0.05, 0.1) is 11.4 Å². The van der Waals surface area contributed by atoms with E-state index in [2.05, 4.69) is 0 Å². The number of nitrogens with zero attached hydrogens (tertiary/aromatic N) is 1. The lowest BCUT2D eigenvalue weighted by atomic mass is 10.1. The Balaban J connectivity index is 2.20. The van der Waals surface area contributed by atoms with Crippen molar-refractivity contribution in [3.63, 3.8) is 0 Å². The van der Waals surface area contributed by atoms with Gasteiger partial charge in [-0.2, -0.15) is 0 Å². The molecular weight excluding hydrogens is 254 g/mol. The third-order valence-corrected chi connectivity index (χ3v) is 3.84. The number of hydrogen-bond acceptors (Lipinski definition) is 5. The van der Waals surface area contributed by atoms with Crippen LogP contribution in [-0.2, 0) is 16.1 Å². The number of carbonyl (C=O) groups excluding carboxylic acids is 3. The van der Waals surface area contributed by atoms with E-state index in [0.29, 0.717) is 10.4 Å². The second-order valence-corrected chi connectivity index (χ2v) is 5.09. The molecule has 0 spiro atoms. The number of carbonyl (C=O) groups is 3. The van der Waals surface area contributed by atoms with Crippen molar-refractivity contribution in [1.29, 1.82) is 0 Å². The number of hydrogen-bond donors (Lipinski definition) is 2. The summed E-state index contributed by atoms with van der Waals surface area (Å²) in [5, 5.41) is 1.73. The monoisotopic (exact) mass is 267 g/mol. The van der Waals surface area contributed by atoms with Crippen LogP contribution in [0, 0.1) is 5.92 Å². The van der Waals surface area contributed by atoms with Crippen LogP contribution < -0.4 is 11.3 Å². The summed E-state index contributed by atoms with van der Waals surface area (Å²) in [5.74, 6) is 4.01. The smallest absolute Gasteiger partial charge is 0.275 e. The largest absolute Gasteiger partial charge is 0.289 e. The maximum atomic E-state index is 11.8. The lowest BCUT2D eigenvalue weighted by Gasteiger charge is -2.14. The molecule has 1 atom stereocenters. The third-order valence-electron chi connectivity index (χ3n) is 2.88. The highest BCUT2D eigenvalue weighted by Gasteiger charge is 2.36. The molecule has 2 heterocycles. The first-order chi connectivity index (χ1) is 8.54. The van der Waals surface area contributed by atoms with Gasteiger partial charge < -0.3 is 0 Å². The van der Waals surface area contributed by atoms with Crippen LogP contribution in [0.1, 0.15) is 28.6 Å². The minimum absolute atomic E-state index is 0.133. The number of thiophene rings is 1. The van der Waals surface area contributed by atoms with Crippen molar-refractivity contribution >= 4 is 29.1 Å². The summed E-state index contributed by atoms with van der Waals surface area (Å²) in [7, 11) is 0. The predicted molar refractivity (Wildman–Crippen MR) is 65.3 cm³/mol. The number of nitrogen functional groups attached to an aromatic ring is 1. The van der Waals surface area contributed by atoms with E-state index in [0.717, 1.165) is 0 Å². The first kappa shape index (κ1) is 12.7. The van der Waals surface area contributed by atoms with Crippen molar-refractivity contribution in [3.05, 3.63) is 21.9 Å². The number of nitrogens with one attached hydrogen (secondary N) is 1. The molecule has 3 amide bonds. The summed E-state index contributed by atoms with van der Waals surface area (Å²) in [6, 6.07) is 1.72. The summed E-state index contributed by atoms with van der Waals surface area (Å²) in [4.78, 5) is 36.5. The summed E-state index contributed by atoms with van der Waals surface area (Å²) in [6.45, 7) is 1.86. The van der Waals surface area contributed by atoms with E-state index < -0.39 is 5.91 Å². The fraction of sp³-hybridized carbons (Fsp3) is 0.364. The highest BCUT2D eigenvalue weighted by molar-refractivity contribution is 7.12. The van der Waals surface area contributed by atoms with Crippen molar-refractivity contribution in [2.75, 3.05) is 0 Å². The van der Waals surface area contributed by atoms with Crippen LogP contribution in [0.5, 0.6) is 0 Å². The van der Waals surface area contributed by atoms with Gasteiger partial charge in [0, 0.05) is 12.3 Å². The number of hydrazine groups is 1. The molecule has 96 valence electrons. The fourth-order valence-corrected chi connectivity index (χ4v) is 2.73. The van der Waals surface area contributed by atoms with Gasteiger partial charge in [0.2, 0.25) is 11.8 Å². The number of amides is 3. The first-order valence-corrected chi connectivity index (χ1v) is 6.34. The fourth-order valence-electron chi connectivity index (χ4n) is 1.91. The summed E-state index contributed by atoms with van der Waals surface area (Å²) >= 11 is 1.23. The van der Waals surface area contributed by atoms with Gasteiger partial charge in [0.25, 0.3) is 5.91 Å². The van der Waals surface area contributed by atoms with Gasteiger partial charge in [0.1, 0.15) is 0 Å². The molecule has 3 N–H and O–H groups in total. The minimum Gasteiger partial charge on any atom is -0.289 e. The number of imide groups is 1. The van der Waals surface area contributed by atoms with Crippen molar-refractivity contribution in [3.8, 4) is 0 Å². The van der Waals surface area contributed by atoms with Crippen LogP contribution in [0.4, 0.5) is 0 Å². The van der Waals surface area contributed by atoms with E-state index in [1.807, 2.05) is 5.43 Å². The van der Waals surface area contributed by atoms with E-state index in [4.69, 9.17) is 5.84 Å². The maximum Gasteiger partial charge on any atom is 0.275 e. The van der Waals surface area contributed by atoms with Crippen LogP contribution >= 0.6 is 11.3 Å². The van der Waals surface area contributed by atoms with Crippen molar-refractivity contribution in [1.82, 2.24) is 10.3 Å². The Kier molecular flexibility index (Phi) is 3.44. The molecule has 0 aromatic carbocycles. The lowest BCUT2D eigenvalue weighted by Crippen LogP contribution is -2.32. The average molecular weight is 267 g/mol. The number of likely N-dealkylation sites (tertiary alicyclic amines) is 1. The van der Waals surface area contributed by atoms with E-state index >= 15 is 0 Å². The second kappa shape index (κ2) is 4.87. The first-order valence-electron chi connectivity index (χ1n) is 5.46. The molecule has 1 aromatic rings. The standard InChI is InChI=1S/C11H13N3O3S/c1-6-4-8(15)14(11(6)17)5-7-2-3-18-9(7)10(16)13-12/h2-3,6H,4-5,12H2,1H3,(H,13,16). The number of rotatable bonds is 3. The average Bonchev–Trinajstić information content (AvgIpc) is 2.89. The molecule has 1 unspecified atom stereocenters. The van der Waals surface area contributed by atoms with Crippen molar-refractivity contribution in [2.45, 2.75) is 19.9 Å². The molecule has 0 radical (unpaired) electrons. The molecule has 6 nitrogen and oxygen atoms in total. The molecule has 0 aliphatic carbocycles. The van der Waals surface area contributed by atoms with Crippen LogP contribution in [0.3, 0.4) is 0 Å².